The molecule has 0 spiro atoms. The van der Waals surface area contributed by atoms with Crippen molar-refractivity contribution in [3.63, 3.8) is 0 Å². The van der Waals surface area contributed by atoms with Gasteiger partial charge in [0.1, 0.15) is 0 Å². The van der Waals surface area contributed by atoms with Gasteiger partial charge >= 0.3 is 5.97 Å². The molecule has 0 amide bonds. The van der Waals surface area contributed by atoms with E-state index in [4.69, 9.17) is 9.66 Å². The maximum Gasteiger partial charge on any atom is 0.303 e. The van der Waals surface area contributed by atoms with E-state index in [-0.39, 0.29) is 12.3 Å². The maximum atomic E-state index is 10.0. The quantitative estimate of drug-likeness (QED) is 0.384. The van der Waals surface area contributed by atoms with Crippen LogP contribution in [0, 0.1) is 0 Å². The van der Waals surface area contributed by atoms with Crippen LogP contribution in [0.3, 0.4) is 0 Å². The smallest absolute Gasteiger partial charge is 0.303 e. The van der Waals surface area contributed by atoms with E-state index < -0.39 is 17.0 Å². The SMILES string of the molecule is O=C(O)CCCNCS(=O)O. The molecule has 0 bridgehead atoms. The van der Waals surface area contributed by atoms with Crippen molar-refractivity contribution in [3.8, 4) is 0 Å². The fraction of sp³-hybridized carbons (Fsp3) is 0.800. The van der Waals surface area contributed by atoms with Crippen molar-refractivity contribution in [2.45, 2.75) is 12.8 Å². The van der Waals surface area contributed by atoms with Gasteiger partial charge < -0.3 is 15.0 Å². The molecule has 0 aliphatic carbocycles. The zero-order valence-electron chi connectivity index (χ0n) is 5.95. The van der Waals surface area contributed by atoms with Crippen molar-refractivity contribution < 1.29 is 18.7 Å². The van der Waals surface area contributed by atoms with Gasteiger partial charge in [0.25, 0.3) is 0 Å². The molecule has 0 aromatic heterocycles. The second-order valence-corrected chi connectivity index (χ2v) is 2.89. The van der Waals surface area contributed by atoms with Crippen molar-refractivity contribution >= 4 is 17.0 Å². The third-order valence-corrected chi connectivity index (χ3v) is 1.42. The first kappa shape index (κ1) is 10.5. The van der Waals surface area contributed by atoms with E-state index in [2.05, 4.69) is 5.32 Å². The van der Waals surface area contributed by atoms with E-state index in [9.17, 15) is 9.00 Å². The van der Waals surface area contributed by atoms with Gasteiger partial charge in [-0.1, -0.05) is 0 Å². The van der Waals surface area contributed by atoms with Crippen LogP contribution in [0.1, 0.15) is 12.8 Å². The van der Waals surface area contributed by atoms with Gasteiger partial charge in [0.2, 0.25) is 0 Å². The lowest BCUT2D eigenvalue weighted by molar-refractivity contribution is -0.137. The minimum Gasteiger partial charge on any atom is -0.481 e. The Morgan fingerprint density at radius 1 is 1.55 bits per heavy atom. The molecule has 1 unspecified atom stereocenters. The van der Waals surface area contributed by atoms with E-state index in [1.165, 1.54) is 0 Å². The van der Waals surface area contributed by atoms with Gasteiger partial charge in [-0.3, -0.25) is 4.79 Å². The average molecular weight is 181 g/mol. The minimum absolute atomic E-state index is 0.000378. The Hall–Kier alpha value is -0.460. The summed E-state index contributed by atoms with van der Waals surface area (Å²) in [6.45, 7) is 0.457. The Bertz CT molecular complexity index is 133. The molecule has 0 aromatic carbocycles. The molecule has 0 rings (SSSR count). The molecule has 5 nitrogen and oxygen atoms in total. The van der Waals surface area contributed by atoms with Crippen molar-refractivity contribution in [2.24, 2.45) is 0 Å². The number of carboxylic acid groups (broad SMARTS) is 1. The summed E-state index contributed by atoms with van der Waals surface area (Å²) in [7, 11) is 0. The first-order chi connectivity index (χ1) is 5.13. The van der Waals surface area contributed by atoms with Crippen LogP contribution in [0.25, 0.3) is 0 Å². The Balaban J connectivity index is 3.03. The van der Waals surface area contributed by atoms with Gasteiger partial charge in [0, 0.05) is 6.42 Å². The van der Waals surface area contributed by atoms with Gasteiger partial charge in [-0.15, -0.1) is 0 Å². The largest absolute Gasteiger partial charge is 0.481 e. The monoisotopic (exact) mass is 181 g/mol. The van der Waals surface area contributed by atoms with E-state index in [1.54, 1.807) is 0 Å². The van der Waals surface area contributed by atoms with Crippen molar-refractivity contribution in [3.05, 3.63) is 0 Å². The molecular formula is C5H11NO4S. The van der Waals surface area contributed by atoms with Crippen molar-refractivity contribution in [2.75, 3.05) is 12.4 Å². The van der Waals surface area contributed by atoms with Crippen LogP contribution < -0.4 is 5.32 Å². The number of carbonyl (C=O) groups is 1. The molecule has 1 atom stereocenters. The second-order valence-electron chi connectivity index (χ2n) is 1.96. The van der Waals surface area contributed by atoms with E-state index in [0.717, 1.165) is 0 Å². The van der Waals surface area contributed by atoms with Gasteiger partial charge in [-0.2, -0.15) is 0 Å². The summed E-state index contributed by atoms with van der Waals surface area (Å²) < 4.78 is 18.3. The van der Waals surface area contributed by atoms with E-state index >= 15 is 0 Å². The third kappa shape index (κ3) is 9.54. The molecule has 0 heterocycles. The highest BCUT2D eigenvalue weighted by atomic mass is 32.2. The van der Waals surface area contributed by atoms with Gasteiger partial charge in [0.15, 0.2) is 11.1 Å². The summed E-state index contributed by atoms with van der Waals surface area (Å²) in [4.78, 5) is 9.96. The van der Waals surface area contributed by atoms with Gasteiger partial charge in [-0.25, -0.2) is 4.21 Å². The van der Waals surface area contributed by atoms with Crippen LogP contribution >= 0.6 is 0 Å². The lowest BCUT2D eigenvalue weighted by atomic mass is 10.3. The molecule has 0 aliphatic rings. The Kier molecular flexibility index (Phi) is 6.00. The minimum atomic E-state index is -1.84. The summed E-state index contributed by atoms with van der Waals surface area (Å²) in [5.74, 6) is -0.850. The number of hydrogen-bond acceptors (Lipinski definition) is 3. The van der Waals surface area contributed by atoms with Crippen LogP contribution in [0.5, 0.6) is 0 Å². The number of aliphatic carboxylic acids is 1. The standard InChI is InChI=1S/C5H11NO4S/c7-5(8)2-1-3-6-4-11(9)10/h6H,1-4H2,(H,7,8)(H,9,10). The molecule has 3 N–H and O–H groups in total. The van der Waals surface area contributed by atoms with Crippen molar-refractivity contribution in [1.82, 2.24) is 5.32 Å². The van der Waals surface area contributed by atoms with Crippen LogP contribution in [-0.2, 0) is 15.9 Å². The predicted molar refractivity (Wildman–Crippen MR) is 40.5 cm³/mol. The van der Waals surface area contributed by atoms with E-state index in [0.29, 0.717) is 13.0 Å². The molecule has 0 radical (unpaired) electrons. The normalized spacial score (nSPS) is 12.8. The predicted octanol–water partition coefficient (Wildman–Crippen LogP) is -0.380. The summed E-state index contributed by atoms with van der Waals surface area (Å²) in [5.41, 5.74) is 0. The highest BCUT2D eigenvalue weighted by Gasteiger charge is 1.96. The highest BCUT2D eigenvalue weighted by molar-refractivity contribution is 7.79. The van der Waals surface area contributed by atoms with E-state index in [1.807, 2.05) is 0 Å². The molecule has 0 saturated heterocycles. The van der Waals surface area contributed by atoms with Crippen LogP contribution in [0.4, 0.5) is 0 Å². The lowest BCUT2D eigenvalue weighted by Crippen LogP contribution is -2.20. The van der Waals surface area contributed by atoms with Gasteiger partial charge in [-0.05, 0) is 13.0 Å². The Morgan fingerprint density at radius 2 is 2.18 bits per heavy atom. The molecule has 66 valence electrons. The molecular weight excluding hydrogens is 170 g/mol. The fourth-order valence-corrected chi connectivity index (χ4v) is 0.843. The Labute approximate surface area is 67.1 Å². The number of rotatable bonds is 6. The Morgan fingerprint density at radius 3 is 2.64 bits per heavy atom. The fourth-order valence-electron chi connectivity index (χ4n) is 0.524. The zero-order valence-corrected chi connectivity index (χ0v) is 6.76. The zero-order chi connectivity index (χ0) is 8.69. The number of nitrogens with one attached hydrogen (secondary N) is 1. The average Bonchev–Trinajstić information content (AvgIpc) is 1.85. The van der Waals surface area contributed by atoms with Gasteiger partial charge in [0.05, 0.1) is 5.88 Å². The summed E-state index contributed by atoms with van der Waals surface area (Å²) in [6, 6.07) is 0. The molecule has 6 heteroatoms. The topological polar surface area (TPSA) is 86.6 Å². The summed E-state index contributed by atoms with van der Waals surface area (Å²) in [5, 5.41) is 10.8. The molecule has 0 fully saturated rings. The highest BCUT2D eigenvalue weighted by Crippen LogP contribution is 1.85. The first-order valence-corrected chi connectivity index (χ1v) is 4.40. The van der Waals surface area contributed by atoms with Crippen LogP contribution in [0.15, 0.2) is 0 Å². The third-order valence-electron chi connectivity index (χ3n) is 0.970. The second kappa shape index (κ2) is 6.26. The summed E-state index contributed by atoms with van der Waals surface area (Å²) >= 11 is -1.84. The van der Waals surface area contributed by atoms with Crippen LogP contribution in [0.2, 0.25) is 0 Å². The number of carboxylic acids is 1. The number of hydrogen-bond donors (Lipinski definition) is 3. The first-order valence-electron chi connectivity index (χ1n) is 3.13. The maximum absolute atomic E-state index is 10.0. The molecule has 0 saturated carbocycles. The summed E-state index contributed by atoms with van der Waals surface area (Å²) in [6.07, 6.45) is 0.567. The lowest BCUT2D eigenvalue weighted by Gasteiger charge is -1.98. The van der Waals surface area contributed by atoms with Crippen molar-refractivity contribution in [1.29, 1.82) is 0 Å². The molecule has 11 heavy (non-hydrogen) atoms. The van der Waals surface area contributed by atoms with Crippen LogP contribution in [-0.4, -0.2) is 32.3 Å². The molecule has 0 aromatic rings. The molecule has 0 aliphatic heterocycles.